The van der Waals surface area contributed by atoms with Gasteiger partial charge in [0.15, 0.2) is 0 Å². The standard InChI is InChI=1S/C14H19ClN2O3S/c1-9-5-6-17(10(2)7-9)14(18)11-3-4-12(15)13(8-11)21(16,19)20/h3-4,8-10H,5-7H2,1-2H3,(H2,16,19,20). The lowest BCUT2D eigenvalue weighted by molar-refractivity contribution is 0.0588. The first-order valence-corrected chi connectivity index (χ1v) is 8.76. The van der Waals surface area contributed by atoms with Gasteiger partial charge in [-0.3, -0.25) is 4.79 Å². The first kappa shape index (κ1) is 16.3. The van der Waals surface area contributed by atoms with E-state index in [1.165, 1.54) is 18.2 Å². The van der Waals surface area contributed by atoms with E-state index in [1.807, 2.05) is 6.92 Å². The summed E-state index contributed by atoms with van der Waals surface area (Å²) in [4.78, 5) is 14.1. The summed E-state index contributed by atoms with van der Waals surface area (Å²) >= 11 is 5.84. The van der Waals surface area contributed by atoms with Gasteiger partial charge in [-0.05, 0) is 43.9 Å². The molecule has 1 aliphatic heterocycles. The number of benzene rings is 1. The zero-order valence-electron chi connectivity index (χ0n) is 12.0. The molecule has 0 aromatic heterocycles. The summed E-state index contributed by atoms with van der Waals surface area (Å²) in [6.45, 7) is 4.85. The third-order valence-corrected chi connectivity index (χ3v) is 5.28. The number of rotatable bonds is 2. The number of carbonyl (C=O) groups is 1. The van der Waals surface area contributed by atoms with E-state index in [-0.39, 0.29) is 21.9 Å². The van der Waals surface area contributed by atoms with E-state index in [4.69, 9.17) is 16.7 Å². The molecule has 1 fully saturated rings. The van der Waals surface area contributed by atoms with Crippen molar-refractivity contribution in [2.24, 2.45) is 11.1 Å². The predicted octanol–water partition coefficient (Wildman–Crippen LogP) is 2.25. The zero-order valence-corrected chi connectivity index (χ0v) is 13.6. The second-order valence-electron chi connectivity index (χ2n) is 5.67. The van der Waals surface area contributed by atoms with E-state index < -0.39 is 10.0 Å². The van der Waals surface area contributed by atoms with Gasteiger partial charge in [-0.15, -0.1) is 0 Å². The van der Waals surface area contributed by atoms with Crippen LogP contribution in [0.4, 0.5) is 0 Å². The first-order valence-electron chi connectivity index (χ1n) is 6.83. The summed E-state index contributed by atoms with van der Waals surface area (Å²) in [6, 6.07) is 4.32. The quantitative estimate of drug-likeness (QED) is 0.903. The number of primary sulfonamides is 1. The normalized spacial score (nSPS) is 23.1. The predicted molar refractivity (Wildman–Crippen MR) is 81.7 cm³/mol. The third-order valence-electron chi connectivity index (χ3n) is 3.88. The zero-order chi connectivity index (χ0) is 15.8. The number of halogens is 1. The van der Waals surface area contributed by atoms with Crippen LogP contribution in [0.3, 0.4) is 0 Å². The van der Waals surface area contributed by atoms with Crippen molar-refractivity contribution in [3.8, 4) is 0 Å². The van der Waals surface area contributed by atoms with Gasteiger partial charge in [0.2, 0.25) is 10.0 Å². The molecule has 116 valence electrons. The lowest BCUT2D eigenvalue weighted by Crippen LogP contribution is -2.44. The van der Waals surface area contributed by atoms with Gasteiger partial charge in [0, 0.05) is 18.2 Å². The van der Waals surface area contributed by atoms with Gasteiger partial charge in [-0.1, -0.05) is 18.5 Å². The molecule has 2 unspecified atom stereocenters. The highest BCUT2D eigenvalue weighted by Crippen LogP contribution is 2.26. The molecule has 2 atom stereocenters. The van der Waals surface area contributed by atoms with Gasteiger partial charge in [0.1, 0.15) is 4.90 Å². The van der Waals surface area contributed by atoms with E-state index in [1.54, 1.807) is 4.90 Å². The second kappa shape index (κ2) is 5.94. The summed E-state index contributed by atoms with van der Waals surface area (Å²) < 4.78 is 23.0. The number of amides is 1. The van der Waals surface area contributed by atoms with Crippen LogP contribution >= 0.6 is 11.6 Å². The van der Waals surface area contributed by atoms with Crippen LogP contribution in [0, 0.1) is 5.92 Å². The Morgan fingerprint density at radius 3 is 2.62 bits per heavy atom. The number of hydrogen-bond donors (Lipinski definition) is 1. The summed E-state index contributed by atoms with van der Waals surface area (Å²) in [5, 5.41) is 5.14. The van der Waals surface area contributed by atoms with E-state index in [0.717, 1.165) is 12.8 Å². The van der Waals surface area contributed by atoms with Crippen LogP contribution in [0.1, 0.15) is 37.0 Å². The highest BCUT2D eigenvalue weighted by Gasteiger charge is 2.28. The molecule has 1 aromatic carbocycles. The van der Waals surface area contributed by atoms with Crippen LogP contribution in [0.2, 0.25) is 5.02 Å². The highest BCUT2D eigenvalue weighted by atomic mass is 35.5. The Hall–Kier alpha value is -1.11. The minimum Gasteiger partial charge on any atom is -0.336 e. The topological polar surface area (TPSA) is 80.5 Å². The highest BCUT2D eigenvalue weighted by molar-refractivity contribution is 7.89. The van der Waals surface area contributed by atoms with Crippen molar-refractivity contribution in [2.75, 3.05) is 6.54 Å². The summed E-state index contributed by atoms with van der Waals surface area (Å²) in [7, 11) is -3.95. The number of nitrogens with zero attached hydrogens (tertiary/aromatic N) is 1. The van der Waals surface area contributed by atoms with Gasteiger partial charge >= 0.3 is 0 Å². The molecule has 2 rings (SSSR count). The maximum absolute atomic E-state index is 12.6. The monoisotopic (exact) mass is 330 g/mol. The van der Waals surface area contributed by atoms with Crippen LogP contribution in [-0.2, 0) is 10.0 Å². The minimum absolute atomic E-state index is 0.0226. The van der Waals surface area contributed by atoms with Crippen LogP contribution in [0.15, 0.2) is 23.1 Å². The Morgan fingerprint density at radius 2 is 2.05 bits per heavy atom. The van der Waals surface area contributed by atoms with Crippen molar-refractivity contribution in [3.05, 3.63) is 28.8 Å². The van der Waals surface area contributed by atoms with Crippen molar-refractivity contribution >= 4 is 27.5 Å². The Morgan fingerprint density at radius 1 is 1.38 bits per heavy atom. The van der Waals surface area contributed by atoms with Crippen molar-refractivity contribution in [1.82, 2.24) is 4.90 Å². The Bertz CT molecular complexity index is 660. The fraction of sp³-hybridized carbons (Fsp3) is 0.500. The smallest absolute Gasteiger partial charge is 0.254 e. The number of likely N-dealkylation sites (tertiary alicyclic amines) is 1. The molecule has 1 heterocycles. The molecule has 5 nitrogen and oxygen atoms in total. The number of carbonyl (C=O) groups excluding carboxylic acids is 1. The van der Waals surface area contributed by atoms with Crippen molar-refractivity contribution in [3.63, 3.8) is 0 Å². The van der Waals surface area contributed by atoms with Crippen molar-refractivity contribution in [1.29, 1.82) is 0 Å². The maximum atomic E-state index is 12.6. The number of hydrogen-bond acceptors (Lipinski definition) is 3. The van der Waals surface area contributed by atoms with Gasteiger partial charge in [-0.25, -0.2) is 13.6 Å². The third kappa shape index (κ3) is 3.56. The lowest BCUT2D eigenvalue weighted by Gasteiger charge is -2.36. The molecule has 0 aliphatic carbocycles. The van der Waals surface area contributed by atoms with Crippen LogP contribution < -0.4 is 5.14 Å². The first-order chi connectivity index (χ1) is 9.70. The van der Waals surface area contributed by atoms with E-state index in [9.17, 15) is 13.2 Å². The maximum Gasteiger partial charge on any atom is 0.254 e. The van der Waals surface area contributed by atoms with Crippen LogP contribution in [0.5, 0.6) is 0 Å². The molecule has 0 saturated carbocycles. The molecule has 7 heteroatoms. The molecule has 1 saturated heterocycles. The lowest BCUT2D eigenvalue weighted by atomic mass is 9.93. The molecular formula is C14H19ClN2O3S. The molecule has 21 heavy (non-hydrogen) atoms. The molecule has 0 spiro atoms. The number of piperidine rings is 1. The average molecular weight is 331 g/mol. The van der Waals surface area contributed by atoms with E-state index >= 15 is 0 Å². The van der Waals surface area contributed by atoms with E-state index in [2.05, 4.69) is 6.92 Å². The van der Waals surface area contributed by atoms with Gasteiger partial charge in [0.05, 0.1) is 5.02 Å². The number of nitrogens with two attached hydrogens (primary N) is 1. The van der Waals surface area contributed by atoms with Crippen LogP contribution in [-0.4, -0.2) is 31.8 Å². The fourth-order valence-electron chi connectivity index (χ4n) is 2.73. The summed E-state index contributed by atoms with van der Waals surface area (Å²) in [5.74, 6) is 0.408. The molecular weight excluding hydrogens is 312 g/mol. The SMILES string of the molecule is CC1CCN(C(=O)c2ccc(Cl)c(S(N)(=O)=O)c2)C(C)C1. The van der Waals surface area contributed by atoms with Crippen LogP contribution in [0.25, 0.3) is 0 Å². The molecule has 0 radical (unpaired) electrons. The molecule has 1 amide bonds. The average Bonchev–Trinajstić information content (AvgIpc) is 2.37. The molecule has 0 bridgehead atoms. The van der Waals surface area contributed by atoms with Crippen molar-refractivity contribution in [2.45, 2.75) is 37.6 Å². The largest absolute Gasteiger partial charge is 0.336 e. The Kier molecular flexibility index (Phi) is 4.60. The Balaban J connectivity index is 2.32. The minimum atomic E-state index is -3.95. The second-order valence-corrected chi connectivity index (χ2v) is 7.60. The van der Waals surface area contributed by atoms with E-state index in [0.29, 0.717) is 18.0 Å². The van der Waals surface area contributed by atoms with Gasteiger partial charge < -0.3 is 4.90 Å². The fourth-order valence-corrected chi connectivity index (χ4v) is 3.80. The molecule has 1 aromatic rings. The molecule has 2 N–H and O–H groups in total. The van der Waals surface area contributed by atoms with Gasteiger partial charge in [-0.2, -0.15) is 0 Å². The van der Waals surface area contributed by atoms with Crippen molar-refractivity contribution < 1.29 is 13.2 Å². The Labute approximate surface area is 130 Å². The molecule has 1 aliphatic rings. The van der Waals surface area contributed by atoms with Gasteiger partial charge in [0.25, 0.3) is 5.91 Å². The summed E-state index contributed by atoms with van der Waals surface area (Å²) in [6.07, 6.45) is 1.90. The summed E-state index contributed by atoms with van der Waals surface area (Å²) in [5.41, 5.74) is 0.296. The number of sulfonamides is 1.